The van der Waals surface area contributed by atoms with Gasteiger partial charge in [0.2, 0.25) is 5.62 Å². The van der Waals surface area contributed by atoms with Crippen molar-refractivity contribution in [2.45, 2.75) is 13.5 Å². The number of anilines is 1. The topological polar surface area (TPSA) is 80.6 Å². The number of halogens is 3. The molecule has 3 N–H and O–H groups in total. The molecular formula is C11H10Cl3N5. The Hall–Kier alpha value is -1.30. The van der Waals surface area contributed by atoms with Crippen molar-refractivity contribution in [1.29, 1.82) is 5.41 Å². The molecule has 8 heteroatoms. The Labute approximate surface area is 124 Å². The van der Waals surface area contributed by atoms with E-state index < -0.39 is 0 Å². The van der Waals surface area contributed by atoms with Crippen LogP contribution in [0, 0.1) is 5.41 Å². The fourth-order valence-electron chi connectivity index (χ4n) is 1.58. The summed E-state index contributed by atoms with van der Waals surface area (Å²) in [5.74, 6) is 0.106. The first-order chi connectivity index (χ1) is 8.93. The first-order valence-electron chi connectivity index (χ1n) is 5.38. The van der Waals surface area contributed by atoms with E-state index in [4.69, 9.17) is 45.9 Å². The average Bonchev–Trinajstić information content (AvgIpc) is 2.34. The molecule has 19 heavy (non-hydrogen) atoms. The Bertz CT molecular complexity index is 695. The van der Waals surface area contributed by atoms with Crippen molar-refractivity contribution in [3.8, 4) is 11.3 Å². The third kappa shape index (κ3) is 2.68. The normalized spacial score (nSPS) is 10.7. The summed E-state index contributed by atoms with van der Waals surface area (Å²) in [5, 5.41) is 12.9. The molecule has 2 rings (SSSR count). The molecule has 0 fully saturated rings. The minimum absolute atomic E-state index is 0.0204. The number of hydrogen-bond donors (Lipinski definition) is 2. The van der Waals surface area contributed by atoms with Gasteiger partial charge in [-0.1, -0.05) is 34.8 Å². The van der Waals surface area contributed by atoms with Gasteiger partial charge in [0, 0.05) is 17.1 Å². The van der Waals surface area contributed by atoms with E-state index in [1.807, 2.05) is 6.92 Å². The highest BCUT2D eigenvalue weighted by Gasteiger charge is 2.15. The molecule has 2 aromatic rings. The van der Waals surface area contributed by atoms with Crippen LogP contribution in [-0.2, 0) is 6.54 Å². The molecule has 5 nitrogen and oxygen atoms in total. The van der Waals surface area contributed by atoms with Crippen LogP contribution in [0.25, 0.3) is 11.3 Å². The van der Waals surface area contributed by atoms with Gasteiger partial charge in [-0.05, 0) is 19.1 Å². The van der Waals surface area contributed by atoms with Gasteiger partial charge in [0.15, 0.2) is 5.82 Å². The zero-order valence-electron chi connectivity index (χ0n) is 9.91. The van der Waals surface area contributed by atoms with Crippen LogP contribution < -0.4 is 11.4 Å². The summed E-state index contributed by atoms with van der Waals surface area (Å²) >= 11 is 18.1. The second kappa shape index (κ2) is 5.36. The third-order valence-electron chi connectivity index (χ3n) is 2.48. The van der Waals surface area contributed by atoms with E-state index in [2.05, 4.69) is 10.1 Å². The summed E-state index contributed by atoms with van der Waals surface area (Å²) in [7, 11) is 0. The molecule has 0 unspecified atom stereocenters. The first-order valence-corrected chi connectivity index (χ1v) is 6.51. The minimum Gasteiger partial charge on any atom is -0.382 e. The Morgan fingerprint density at radius 2 is 2.00 bits per heavy atom. The Kier molecular flexibility index (Phi) is 3.99. The predicted molar refractivity (Wildman–Crippen MR) is 76.4 cm³/mol. The van der Waals surface area contributed by atoms with E-state index >= 15 is 0 Å². The van der Waals surface area contributed by atoms with Crippen molar-refractivity contribution in [1.82, 2.24) is 14.8 Å². The van der Waals surface area contributed by atoms with E-state index in [9.17, 15) is 0 Å². The van der Waals surface area contributed by atoms with Gasteiger partial charge in [-0.15, -0.1) is 0 Å². The highest BCUT2D eigenvalue weighted by Crippen LogP contribution is 2.36. The van der Waals surface area contributed by atoms with Gasteiger partial charge in [-0.2, -0.15) is 10.1 Å². The van der Waals surface area contributed by atoms with Crippen LogP contribution in [0.3, 0.4) is 0 Å². The van der Waals surface area contributed by atoms with Crippen molar-refractivity contribution >= 4 is 40.6 Å². The molecule has 0 spiro atoms. The van der Waals surface area contributed by atoms with Crippen LogP contribution in [0.1, 0.15) is 6.92 Å². The molecule has 0 saturated heterocycles. The first kappa shape index (κ1) is 14.1. The summed E-state index contributed by atoms with van der Waals surface area (Å²) in [6.07, 6.45) is 0. The molecule has 0 saturated carbocycles. The van der Waals surface area contributed by atoms with E-state index in [1.165, 1.54) is 10.7 Å². The minimum atomic E-state index is -0.0204. The van der Waals surface area contributed by atoms with Crippen LogP contribution >= 0.6 is 34.8 Å². The number of benzene rings is 1. The number of aryl methyl sites for hydroxylation is 1. The number of rotatable bonds is 2. The Balaban J connectivity index is 2.75. The van der Waals surface area contributed by atoms with Gasteiger partial charge in [0.25, 0.3) is 0 Å². The van der Waals surface area contributed by atoms with E-state index in [-0.39, 0.29) is 11.4 Å². The Morgan fingerprint density at radius 1 is 1.32 bits per heavy atom. The van der Waals surface area contributed by atoms with Gasteiger partial charge in [0.1, 0.15) is 5.69 Å². The number of nitrogens with zero attached hydrogens (tertiary/aromatic N) is 3. The zero-order valence-corrected chi connectivity index (χ0v) is 12.2. The van der Waals surface area contributed by atoms with Crippen LogP contribution in [0.4, 0.5) is 5.82 Å². The Morgan fingerprint density at radius 3 is 2.63 bits per heavy atom. The lowest BCUT2D eigenvalue weighted by atomic mass is 10.1. The third-order valence-corrected chi connectivity index (χ3v) is 3.50. The number of nitrogens with two attached hydrogens (primary N) is 1. The maximum Gasteiger partial charge on any atom is 0.240 e. The van der Waals surface area contributed by atoms with Crippen molar-refractivity contribution in [2.75, 3.05) is 5.73 Å². The summed E-state index contributed by atoms with van der Waals surface area (Å²) in [5.41, 5.74) is 6.62. The van der Waals surface area contributed by atoms with Crippen molar-refractivity contribution < 1.29 is 0 Å². The second-order valence-electron chi connectivity index (χ2n) is 3.73. The predicted octanol–water partition coefficient (Wildman–Crippen LogP) is 2.99. The molecule has 0 radical (unpaired) electrons. The molecule has 100 valence electrons. The van der Waals surface area contributed by atoms with Gasteiger partial charge in [0.05, 0.1) is 10.0 Å². The maximum absolute atomic E-state index is 7.63. The van der Waals surface area contributed by atoms with E-state index in [0.717, 1.165) is 0 Å². The standard InChI is InChI=1S/C11H10Cl3N5/c1-2-19-11(16)17-10(15)9(18-19)6-3-5(12)4-7(13)8(6)14/h3-4H,2H2,1H3,(H3,15,16,17). The summed E-state index contributed by atoms with van der Waals surface area (Å²) < 4.78 is 1.40. The molecule has 1 aromatic carbocycles. The molecule has 1 heterocycles. The SMILES string of the molecule is CCn1nc(-c2cc(Cl)cc(Cl)c2Cl)c(N)nc1=N. The van der Waals surface area contributed by atoms with Crippen LogP contribution in [0.2, 0.25) is 15.1 Å². The number of nitrogen functional groups attached to an aromatic ring is 1. The maximum atomic E-state index is 7.63. The average molecular weight is 319 g/mol. The molecule has 0 aliphatic heterocycles. The van der Waals surface area contributed by atoms with Gasteiger partial charge in [-0.3, -0.25) is 5.41 Å². The van der Waals surface area contributed by atoms with Crippen molar-refractivity contribution in [3.05, 3.63) is 32.8 Å². The molecule has 0 atom stereocenters. The van der Waals surface area contributed by atoms with E-state index in [1.54, 1.807) is 6.07 Å². The van der Waals surface area contributed by atoms with Crippen LogP contribution in [-0.4, -0.2) is 14.8 Å². The fourth-order valence-corrected chi connectivity index (χ4v) is 2.28. The van der Waals surface area contributed by atoms with Gasteiger partial charge in [-0.25, -0.2) is 4.68 Å². The summed E-state index contributed by atoms with van der Waals surface area (Å²) in [6.45, 7) is 2.34. The highest BCUT2D eigenvalue weighted by atomic mass is 35.5. The molecule has 1 aromatic heterocycles. The largest absolute Gasteiger partial charge is 0.382 e. The smallest absolute Gasteiger partial charge is 0.240 e. The molecular weight excluding hydrogens is 309 g/mol. The molecule has 0 amide bonds. The molecule has 0 aliphatic rings. The lowest BCUT2D eigenvalue weighted by Crippen LogP contribution is -2.27. The van der Waals surface area contributed by atoms with Gasteiger partial charge >= 0.3 is 0 Å². The lowest BCUT2D eigenvalue weighted by molar-refractivity contribution is 0.577. The second-order valence-corrected chi connectivity index (χ2v) is 4.96. The number of nitrogens with one attached hydrogen (secondary N) is 1. The number of hydrogen-bond acceptors (Lipinski definition) is 4. The lowest BCUT2D eigenvalue weighted by Gasteiger charge is -2.10. The highest BCUT2D eigenvalue weighted by molar-refractivity contribution is 6.45. The summed E-state index contributed by atoms with van der Waals surface area (Å²) in [6, 6.07) is 3.14. The van der Waals surface area contributed by atoms with Crippen molar-refractivity contribution in [3.63, 3.8) is 0 Å². The van der Waals surface area contributed by atoms with Crippen LogP contribution in [0.15, 0.2) is 12.1 Å². The number of aromatic nitrogens is 3. The quantitative estimate of drug-likeness (QED) is 0.835. The van der Waals surface area contributed by atoms with E-state index in [0.29, 0.717) is 32.9 Å². The fraction of sp³-hybridized carbons (Fsp3) is 0.182. The van der Waals surface area contributed by atoms with Crippen molar-refractivity contribution in [2.24, 2.45) is 0 Å². The zero-order chi connectivity index (χ0) is 14.2. The monoisotopic (exact) mass is 317 g/mol. The van der Waals surface area contributed by atoms with Gasteiger partial charge < -0.3 is 5.73 Å². The molecule has 0 aliphatic carbocycles. The molecule has 0 bridgehead atoms. The summed E-state index contributed by atoms with van der Waals surface area (Å²) in [4.78, 5) is 3.92. The van der Waals surface area contributed by atoms with Crippen LogP contribution in [0.5, 0.6) is 0 Å².